The highest BCUT2D eigenvalue weighted by Crippen LogP contribution is 2.69. The molecule has 3 fully saturated rings. The highest BCUT2D eigenvalue weighted by Gasteiger charge is 2.73. The molecule has 4 nitrogen and oxygen atoms in total. The molecule has 23 heavy (non-hydrogen) atoms. The molecule has 5 aliphatic rings. The van der Waals surface area contributed by atoms with E-state index < -0.39 is 0 Å². The lowest BCUT2D eigenvalue weighted by atomic mass is 9.61. The smallest absolute Gasteiger partial charge is 0.174 e. The molecule has 1 saturated heterocycles. The van der Waals surface area contributed by atoms with Gasteiger partial charge in [-0.25, -0.2) is 0 Å². The van der Waals surface area contributed by atoms with Gasteiger partial charge >= 0.3 is 0 Å². The van der Waals surface area contributed by atoms with Crippen LogP contribution < -0.4 is 9.47 Å². The molecule has 120 valence electrons. The van der Waals surface area contributed by atoms with Crippen molar-refractivity contribution in [2.24, 2.45) is 11.8 Å². The average molecular weight is 311 g/mol. The molecule has 1 aromatic carbocycles. The molecule has 6 atom stereocenters. The van der Waals surface area contributed by atoms with E-state index in [4.69, 9.17) is 9.47 Å². The molecule has 4 heteroatoms. The van der Waals surface area contributed by atoms with Gasteiger partial charge in [-0.15, -0.1) is 0 Å². The summed E-state index contributed by atoms with van der Waals surface area (Å²) < 4.78 is 11.9. The van der Waals surface area contributed by atoms with Gasteiger partial charge in [0.25, 0.3) is 0 Å². The minimum atomic E-state index is -0.274. The first-order valence-electron chi connectivity index (χ1n) is 8.78. The van der Waals surface area contributed by atoms with Crippen molar-refractivity contribution in [2.75, 3.05) is 14.2 Å². The van der Waals surface area contributed by atoms with E-state index in [1.54, 1.807) is 7.11 Å². The van der Waals surface area contributed by atoms with E-state index in [-0.39, 0.29) is 11.5 Å². The first kappa shape index (κ1) is 12.8. The zero-order valence-electron chi connectivity index (χ0n) is 13.5. The number of benzene rings is 1. The lowest BCUT2D eigenvalue weighted by Crippen LogP contribution is -2.61. The van der Waals surface area contributed by atoms with Crippen LogP contribution in [0.15, 0.2) is 12.1 Å². The summed E-state index contributed by atoms with van der Waals surface area (Å²) in [7, 11) is 3.96. The monoisotopic (exact) mass is 311 g/mol. The molecule has 0 aromatic heterocycles. The Morgan fingerprint density at radius 1 is 1.35 bits per heavy atom. The summed E-state index contributed by atoms with van der Waals surface area (Å²) in [5.74, 6) is 3.31. The number of hydrogen-bond donors (Lipinski definition) is 0. The number of likely N-dealkylation sites (tertiary alicyclic amines) is 1. The largest absolute Gasteiger partial charge is 0.493 e. The lowest BCUT2D eigenvalue weighted by Gasteiger charge is -2.52. The number of rotatable bonds is 1. The first-order valence-corrected chi connectivity index (χ1v) is 8.78. The zero-order valence-corrected chi connectivity index (χ0v) is 13.5. The van der Waals surface area contributed by atoms with Crippen molar-refractivity contribution in [3.63, 3.8) is 0 Å². The standard InChI is InChI=1S/C19H21NO3/c1-20-11-7-9-3-6-14(22-2)17-16(9)19-8-12(20)15(11)10(19)4-5-13(21)18(19)23-17/h3,6,10-12,15,18H,4-5,7-8H2,1-2H3. The summed E-state index contributed by atoms with van der Waals surface area (Å²) in [6, 6.07) is 5.51. The summed E-state index contributed by atoms with van der Waals surface area (Å²) in [6.07, 6.45) is 3.62. The number of carbonyl (C=O) groups excluding carboxylic acids is 1. The first-order chi connectivity index (χ1) is 11.2. The third-order valence-corrected chi connectivity index (χ3v) is 7.63. The minimum Gasteiger partial charge on any atom is -0.493 e. The fourth-order valence-corrected chi connectivity index (χ4v) is 6.84. The number of hydrogen-bond acceptors (Lipinski definition) is 4. The Bertz CT molecular complexity index is 759. The van der Waals surface area contributed by atoms with Crippen molar-refractivity contribution >= 4 is 5.78 Å². The van der Waals surface area contributed by atoms with Crippen molar-refractivity contribution in [1.29, 1.82) is 0 Å². The Morgan fingerprint density at radius 2 is 2.22 bits per heavy atom. The molecular formula is C19H21NO3. The van der Waals surface area contributed by atoms with E-state index in [1.165, 1.54) is 11.1 Å². The van der Waals surface area contributed by atoms with E-state index in [0.29, 0.717) is 30.2 Å². The molecular weight excluding hydrogens is 290 g/mol. The van der Waals surface area contributed by atoms with Crippen LogP contribution >= 0.6 is 0 Å². The number of nitrogens with zero attached hydrogens (tertiary/aromatic N) is 1. The molecule has 0 radical (unpaired) electrons. The minimum absolute atomic E-state index is 0.0800. The maximum absolute atomic E-state index is 12.7. The van der Waals surface area contributed by atoms with Crippen LogP contribution in [-0.4, -0.2) is 43.0 Å². The van der Waals surface area contributed by atoms with Crippen molar-refractivity contribution in [2.45, 2.75) is 49.3 Å². The van der Waals surface area contributed by atoms with Gasteiger partial charge in [-0.2, -0.15) is 0 Å². The Morgan fingerprint density at radius 3 is 3.04 bits per heavy atom. The third kappa shape index (κ3) is 1.16. The van der Waals surface area contributed by atoms with Crippen LogP contribution in [0.2, 0.25) is 0 Å². The van der Waals surface area contributed by atoms with Crippen LogP contribution in [0, 0.1) is 11.8 Å². The summed E-state index contributed by atoms with van der Waals surface area (Å²) in [4.78, 5) is 15.3. The van der Waals surface area contributed by atoms with Gasteiger partial charge in [0.2, 0.25) is 0 Å². The molecule has 2 heterocycles. The van der Waals surface area contributed by atoms with Gasteiger partial charge in [0, 0.05) is 29.5 Å². The molecule has 1 spiro atoms. The maximum Gasteiger partial charge on any atom is 0.174 e. The quantitative estimate of drug-likeness (QED) is 0.794. The number of ether oxygens (including phenoxy) is 2. The maximum atomic E-state index is 12.7. The molecule has 3 aliphatic carbocycles. The average Bonchev–Trinajstić information content (AvgIpc) is 3.02. The SMILES string of the molecule is COc1ccc2c3c1OC1C(=O)CCC4C5C(C2)N(C)C5CC314. The van der Waals surface area contributed by atoms with Crippen molar-refractivity contribution in [1.82, 2.24) is 4.90 Å². The number of methoxy groups -OCH3 is 1. The van der Waals surface area contributed by atoms with Crippen LogP contribution in [0.3, 0.4) is 0 Å². The van der Waals surface area contributed by atoms with Gasteiger partial charge < -0.3 is 9.47 Å². The van der Waals surface area contributed by atoms with Crippen LogP contribution in [0.1, 0.15) is 30.4 Å². The Balaban J connectivity index is 1.69. The van der Waals surface area contributed by atoms with E-state index in [0.717, 1.165) is 36.7 Å². The fraction of sp³-hybridized carbons (Fsp3) is 0.632. The van der Waals surface area contributed by atoms with Gasteiger partial charge in [0.05, 0.1) is 7.11 Å². The molecule has 2 aliphatic heterocycles. The Kier molecular flexibility index (Phi) is 2.09. The number of ketones is 1. The zero-order chi connectivity index (χ0) is 15.5. The highest BCUT2D eigenvalue weighted by molar-refractivity contribution is 5.89. The normalized spacial score (nSPS) is 45.1. The predicted octanol–water partition coefficient (Wildman–Crippen LogP) is 1.93. The van der Waals surface area contributed by atoms with E-state index in [2.05, 4.69) is 18.0 Å². The number of Topliss-reactive ketones (excluding diaryl/α,β-unsaturated/α-hetero) is 1. The lowest BCUT2D eigenvalue weighted by molar-refractivity contribution is -0.133. The van der Waals surface area contributed by atoms with Gasteiger partial charge in [-0.1, -0.05) is 6.07 Å². The molecule has 2 saturated carbocycles. The molecule has 1 aromatic rings. The third-order valence-electron chi connectivity index (χ3n) is 7.63. The molecule has 0 N–H and O–H groups in total. The van der Waals surface area contributed by atoms with E-state index in [9.17, 15) is 4.79 Å². The van der Waals surface area contributed by atoms with Crippen LogP contribution in [-0.2, 0) is 16.6 Å². The number of carbonyl (C=O) groups is 1. The van der Waals surface area contributed by atoms with Gasteiger partial charge in [0.15, 0.2) is 23.4 Å². The highest BCUT2D eigenvalue weighted by atomic mass is 16.5. The molecule has 2 bridgehead atoms. The van der Waals surface area contributed by atoms with Crippen molar-refractivity contribution in [3.05, 3.63) is 23.3 Å². The van der Waals surface area contributed by atoms with E-state index >= 15 is 0 Å². The summed E-state index contributed by atoms with van der Waals surface area (Å²) in [5, 5.41) is 0. The number of likely N-dealkylation sites (N-methyl/N-ethyl adjacent to an activating group) is 1. The topological polar surface area (TPSA) is 38.8 Å². The summed E-state index contributed by atoms with van der Waals surface area (Å²) in [6.45, 7) is 0. The van der Waals surface area contributed by atoms with Gasteiger partial charge in [-0.3, -0.25) is 9.69 Å². The Labute approximate surface area is 135 Å². The fourth-order valence-electron chi connectivity index (χ4n) is 6.84. The molecule has 0 amide bonds. The van der Waals surface area contributed by atoms with Crippen LogP contribution in [0.5, 0.6) is 11.5 Å². The van der Waals surface area contributed by atoms with E-state index in [1.807, 2.05) is 6.07 Å². The second-order valence-electron chi connectivity index (χ2n) is 8.07. The van der Waals surface area contributed by atoms with Crippen molar-refractivity contribution < 1.29 is 14.3 Å². The van der Waals surface area contributed by atoms with Gasteiger partial charge in [0.1, 0.15) is 0 Å². The second kappa shape index (κ2) is 3.75. The second-order valence-corrected chi connectivity index (χ2v) is 8.07. The predicted molar refractivity (Wildman–Crippen MR) is 84.0 cm³/mol. The Hall–Kier alpha value is -1.55. The summed E-state index contributed by atoms with van der Waals surface area (Å²) >= 11 is 0. The van der Waals surface area contributed by atoms with Crippen LogP contribution in [0.4, 0.5) is 0 Å². The van der Waals surface area contributed by atoms with Crippen LogP contribution in [0.25, 0.3) is 0 Å². The molecule has 6 unspecified atom stereocenters. The molecule has 6 rings (SSSR count). The van der Waals surface area contributed by atoms with Gasteiger partial charge in [-0.05, 0) is 49.8 Å². The van der Waals surface area contributed by atoms with Crippen molar-refractivity contribution in [3.8, 4) is 11.5 Å². The summed E-state index contributed by atoms with van der Waals surface area (Å²) in [5.41, 5.74) is 2.65.